The quantitative estimate of drug-likeness (QED) is 0.240. The van der Waals surface area contributed by atoms with Gasteiger partial charge in [0.15, 0.2) is 5.96 Å². The number of guanidine groups is 1. The van der Waals surface area contributed by atoms with Crippen LogP contribution in [0.4, 0.5) is 4.79 Å². The number of rotatable bonds is 7. The molecule has 0 aliphatic carbocycles. The minimum absolute atomic E-state index is 0. The highest BCUT2D eigenvalue weighted by molar-refractivity contribution is 14.0. The summed E-state index contributed by atoms with van der Waals surface area (Å²) in [5, 5.41) is 12.2. The molecule has 1 aromatic heterocycles. The van der Waals surface area contributed by atoms with E-state index in [9.17, 15) is 4.79 Å². The van der Waals surface area contributed by atoms with Crippen LogP contribution in [-0.4, -0.2) is 42.3 Å². The van der Waals surface area contributed by atoms with Crippen LogP contribution in [-0.2, 0) is 17.7 Å². The molecule has 0 aliphatic rings. The molecular weight excluding hydrogens is 453 g/mol. The number of nitrogens with one attached hydrogen (secondary N) is 3. The minimum atomic E-state index is -0.487. The lowest BCUT2D eigenvalue weighted by atomic mass is 10.2. The Kier molecular flexibility index (Phi) is 11.7. The van der Waals surface area contributed by atoms with Crippen LogP contribution in [0, 0.1) is 0 Å². The Bertz CT molecular complexity index is 543. The van der Waals surface area contributed by atoms with Crippen molar-refractivity contribution in [3.05, 3.63) is 16.1 Å². The molecule has 3 N–H and O–H groups in total. The van der Waals surface area contributed by atoms with Gasteiger partial charge in [0.2, 0.25) is 0 Å². The van der Waals surface area contributed by atoms with E-state index in [1.54, 1.807) is 11.3 Å². The number of ether oxygens (including phenoxy) is 1. The number of amides is 1. The lowest BCUT2D eigenvalue weighted by Crippen LogP contribution is -2.42. The van der Waals surface area contributed by atoms with Crippen molar-refractivity contribution >= 4 is 47.4 Å². The summed E-state index contributed by atoms with van der Waals surface area (Å²) < 4.78 is 5.18. The largest absolute Gasteiger partial charge is 0.444 e. The van der Waals surface area contributed by atoms with Crippen LogP contribution in [0.5, 0.6) is 0 Å². The van der Waals surface area contributed by atoms with Crippen molar-refractivity contribution in [3.63, 3.8) is 0 Å². The molecule has 0 aliphatic heterocycles. The van der Waals surface area contributed by atoms with Crippen molar-refractivity contribution in [2.45, 2.75) is 53.2 Å². The SMILES string of the molecule is CCNC(=NCc1csc(CC)n1)NCCNC(=O)OC(C)(C)C.I. The van der Waals surface area contributed by atoms with Crippen LogP contribution in [0.2, 0.25) is 0 Å². The van der Waals surface area contributed by atoms with Gasteiger partial charge in [-0.3, -0.25) is 0 Å². The number of nitrogens with zero attached hydrogens (tertiary/aromatic N) is 2. The van der Waals surface area contributed by atoms with E-state index in [-0.39, 0.29) is 24.0 Å². The van der Waals surface area contributed by atoms with E-state index >= 15 is 0 Å². The number of carbonyl (C=O) groups excluding carboxylic acids is 1. The Hall–Kier alpha value is -1.10. The van der Waals surface area contributed by atoms with E-state index in [0.29, 0.717) is 25.6 Å². The van der Waals surface area contributed by atoms with E-state index in [1.165, 1.54) is 0 Å². The Morgan fingerprint density at radius 3 is 2.48 bits per heavy atom. The second kappa shape index (κ2) is 12.3. The van der Waals surface area contributed by atoms with Crippen LogP contribution in [0.1, 0.15) is 45.3 Å². The number of aliphatic imine (C=N–C) groups is 1. The molecule has 0 unspecified atom stereocenters. The van der Waals surface area contributed by atoms with Gasteiger partial charge in [0.05, 0.1) is 17.2 Å². The first kappa shape index (κ1) is 23.9. The zero-order valence-electron chi connectivity index (χ0n) is 15.6. The highest BCUT2D eigenvalue weighted by atomic mass is 127. The number of aromatic nitrogens is 1. The van der Waals surface area contributed by atoms with E-state index in [1.807, 2.05) is 33.1 Å². The maximum Gasteiger partial charge on any atom is 0.407 e. The number of hydrogen-bond acceptors (Lipinski definition) is 5. The second-order valence-electron chi connectivity index (χ2n) is 6.14. The van der Waals surface area contributed by atoms with Gasteiger partial charge in [-0.1, -0.05) is 6.92 Å². The Labute approximate surface area is 171 Å². The normalized spacial score (nSPS) is 11.5. The topological polar surface area (TPSA) is 87.6 Å². The molecule has 0 aromatic carbocycles. The van der Waals surface area contributed by atoms with Crippen molar-refractivity contribution < 1.29 is 9.53 Å². The molecule has 0 saturated heterocycles. The van der Waals surface area contributed by atoms with E-state index in [0.717, 1.165) is 23.7 Å². The van der Waals surface area contributed by atoms with Gasteiger partial charge in [0.25, 0.3) is 0 Å². The summed E-state index contributed by atoms with van der Waals surface area (Å²) in [6.07, 6.45) is 0.532. The van der Waals surface area contributed by atoms with Crippen molar-refractivity contribution in [2.24, 2.45) is 4.99 Å². The maximum atomic E-state index is 11.6. The zero-order chi connectivity index (χ0) is 18.0. The summed E-state index contributed by atoms with van der Waals surface area (Å²) in [4.78, 5) is 20.6. The van der Waals surface area contributed by atoms with Crippen LogP contribution in [0.3, 0.4) is 0 Å². The first-order valence-corrected chi connectivity index (χ1v) is 9.14. The fraction of sp³-hybridized carbons (Fsp3) is 0.688. The number of hydrogen-bond donors (Lipinski definition) is 3. The summed E-state index contributed by atoms with van der Waals surface area (Å²) in [7, 11) is 0. The zero-order valence-corrected chi connectivity index (χ0v) is 18.8. The molecule has 1 heterocycles. The standard InChI is InChI=1S/C16H29N5O2S.HI/c1-6-13-21-12(11-24-13)10-20-14(17-7-2)18-8-9-19-15(22)23-16(3,4)5;/h11H,6-10H2,1-5H3,(H,19,22)(H2,17,18,20);1H. The predicted octanol–water partition coefficient (Wildman–Crippen LogP) is 2.90. The third-order valence-electron chi connectivity index (χ3n) is 2.73. The van der Waals surface area contributed by atoms with Gasteiger partial charge in [-0.15, -0.1) is 35.3 Å². The number of thiazole rings is 1. The summed E-state index contributed by atoms with van der Waals surface area (Å²) in [6.45, 7) is 11.9. The van der Waals surface area contributed by atoms with Gasteiger partial charge < -0.3 is 20.7 Å². The maximum absolute atomic E-state index is 11.6. The van der Waals surface area contributed by atoms with E-state index < -0.39 is 11.7 Å². The van der Waals surface area contributed by atoms with E-state index in [4.69, 9.17) is 4.74 Å². The molecule has 1 amide bonds. The van der Waals surface area contributed by atoms with E-state index in [2.05, 4.69) is 32.9 Å². The number of aryl methyl sites for hydroxylation is 1. The van der Waals surface area contributed by atoms with Gasteiger partial charge in [-0.2, -0.15) is 0 Å². The first-order valence-electron chi connectivity index (χ1n) is 8.26. The van der Waals surface area contributed by atoms with Gasteiger partial charge >= 0.3 is 6.09 Å². The molecule has 0 spiro atoms. The molecule has 1 rings (SSSR count). The van der Waals surface area contributed by atoms with Crippen molar-refractivity contribution in [2.75, 3.05) is 19.6 Å². The molecule has 0 saturated carbocycles. The third-order valence-corrected chi connectivity index (χ3v) is 3.77. The second-order valence-corrected chi connectivity index (χ2v) is 7.08. The van der Waals surface area contributed by atoms with Gasteiger partial charge in [-0.25, -0.2) is 14.8 Å². The lowest BCUT2D eigenvalue weighted by molar-refractivity contribution is 0.0529. The number of halogens is 1. The predicted molar refractivity (Wildman–Crippen MR) is 114 cm³/mol. The highest BCUT2D eigenvalue weighted by Gasteiger charge is 2.15. The van der Waals surface area contributed by atoms with Gasteiger partial charge in [0.1, 0.15) is 5.60 Å². The molecule has 1 aromatic rings. The molecular formula is C16H30IN5O2S. The first-order chi connectivity index (χ1) is 11.3. The fourth-order valence-electron chi connectivity index (χ4n) is 1.75. The Morgan fingerprint density at radius 1 is 1.24 bits per heavy atom. The monoisotopic (exact) mass is 483 g/mol. The van der Waals surface area contributed by atoms with Crippen molar-refractivity contribution in [1.29, 1.82) is 0 Å². The van der Waals surface area contributed by atoms with Crippen LogP contribution >= 0.6 is 35.3 Å². The fourth-order valence-corrected chi connectivity index (χ4v) is 2.48. The Balaban J connectivity index is 0.00000576. The Morgan fingerprint density at radius 2 is 1.92 bits per heavy atom. The van der Waals surface area contributed by atoms with Crippen molar-refractivity contribution in [3.8, 4) is 0 Å². The summed E-state index contributed by atoms with van der Waals surface area (Å²) in [5.41, 5.74) is 0.486. The van der Waals surface area contributed by atoms with Gasteiger partial charge in [-0.05, 0) is 34.1 Å². The molecule has 25 heavy (non-hydrogen) atoms. The molecule has 0 bridgehead atoms. The van der Waals surface area contributed by atoms with Crippen LogP contribution in [0.25, 0.3) is 0 Å². The third kappa shape index (κ3) is 11.2. The van der Waals surface area contributed by atoms with Gasteiger partial charge in [0, 0.05) is 25.0 Å². The molecule has 144 valence electrons. The molecule has 9 heteroatoms. The van der Waals surface area contributed by atoms with Crippen LogP contribution < -0.4 is 16.0 Å². The smallest absolute Gasteiger partial charge is 0.407 e. The average Bonchev–Trinajstić information content (AvgIpc) is 2.95. The molecule has 0 radical (unpaired) electrons. The summed E-state index contributed by atoms with van der Waals surface area (Å²) in [6, 6.07) is 0. The van der Waals surface area contributed by atoms with Crippen molar-refractivity contribution in [1.82, 2.24) is 20.9 Å². The number of alkyl carbamates (subject to hydrolysis) is 1. The van der Waals surface area contributed by atoms with Crippen LogP contribution in [0.15, 0.2) is 10.4 Å². The molecule has 7 nitrogen and oxygen atoms in total. The lowest BCUT2D eigenvalue weighted by Gasteiger charge is -2.19. The summed E-state index contributed by atoms with van der Waals surface area (Å²) >= 11 is 1.66. The number of carbonyl (C=O) groups is 1. The molecule has 0 atom stereocenters. The minimum Gasteiger partial charge on any atom is -0.444 e. The summed E-state index contributed by atoms with van der Waals surface area (Å²) in [5.74, 6) is 0.703. The average molecular weight is 483 g/mol. The molecule has 0 fully saturated rings. The highest BCUT2D eigenvalue weighted by Crippen LogP contribution is 2.10.